The molecule has 0 aromatic rings. The third-order valence-corrected chi connectivity index (χ3v) is 3.58. The van der Waals surface area contributed by atoms with Gasteiger partial charge >= 0.3 is 0 Å². The second kappa shape index (κ2) is 8.78. The van der Waals surface area contributed by atoms with Gasteiger partial charge in [0.2, 0.25) is 0 Å². The predicted octanol–water partition coefficient (Wildman–Crippen LogP) is 6.08. The Hall–Kier alpha value is -0.260. The van der Waals surface area contributed by atoms with Crippen LogP contribution in [0.25, 0.3) is 0 Å². The molecule has 0 aliphatic carbocycles. The predicted molar refractivity (Wildman–Crippen MR) is 80.2 cm³/mol. The number of rotatable bonds is 8. The van der Waals surface area contributed by atoms with Crippen LogP contribution in [-0.2, 0) is 0 Å². The van der Waals surface area contributed by atoms with E-state index in [2.05, 4.69) is 54.5 Å². The largest absolute Gasteiger partial charge is 0.0828 e. The summed E-state index contributed by atoms with van der Waals surface area (Å²) in [6.07, 6.45) is 7.77. The van der Waals surface area contributed by atoms with E-state index in [1.54, 1.807) is 5.57 Å². The van der Waals surface area contributed by atoms with Crippen molar-refractivity contribution in [1.29, 1.82) is 0 Å². The molecule has 0 radical (unpaired) electrons. The molecule has 0 bridgehead atoms. The topological polar surface area (TPSA) is 0 Å². The molecule has 0 spiro atoms. The van der Waals surface area contributed by atoms with E-state index in [4.69, 9.17) is 0 Å². The molecule has 102 valence electrons. The van der Waals surface area contributed by atoms with Gasteiger partial charge in [0.05, 0.1) is 0 Å². The lowest BCUT2D eigenvalue weighted by Gasteiger charge is -2.20. The second-order valence-electron chi connectivity index (χ2n) is 6.66. The SMILES string of the molecule is CC/C(C)=C/C(C)CC(C)CC(C)CC(C)C. The van der Waals surface area contributed by atoms with E-state index in [1.807, 2.05) is 0 Å². The molecule has 0 aliphatic rings. The van der Waals surface area contributed by atoms with E-state index < -0.39 is 0 Å². The van der Waals surface area contributed by atoms with Crippen LogP contribution >= 0.6 is 0 Å². The first kappa shape index (κ1) is 16.7. The van der Waals surface area contributed by atoms with Gasteiger partial charge in [0.1, 0.15) is 0 Å². The summed E-state index contributed by atoms with van der Waals surface area (Å²) in [7, 11) is 0. The molecular formula is C17H34. The number of allylic oxidation sites excluding steroid dienone is 2. The van der Waals surface area contributed by atoms with Crippen LogP contribution in [0.5, 0.6) is 0 Å². The van der Waals surface area contributed by atoms with Crippen molar-refractivity contribution >= 4 is 0 Å². The summed E-state index contributed by atoms with van der Waals surface area (Å²) in [5.74, 6) is 3.33. The zero-order valence-electron chi connectivity index (χ0n) is 13.2. The maximum absolute atomic E-state index is 2.46. The molecule has 0 amide bonds. The molecule has 3 atom stereocenters. The molecule has 0 heteroatoms. The highest BCUT2D eigenvalue weighted by Gasteiger charge is 2.12. The van der Waals surface area contributed by atoms with Gasteiger partial charge in [-0.25, -0.2) is 0 Å². The van der Waals surface area contributed by atoms with Crippen LogP contribution in [0.3, 0.4) is 0 Å². The lowest BCUT2D eigenvalue weighted by atomic mass is 9.85. The molecule has 17 heavy (non-hydrogen) atoms. The van der Waals surface area contributed by atoms with Crippen molar-refractivity contribution in [3.63, 3.8) is 0 Å². The van der Waals surface area contributed by atoms with Crippen LogP contribution in [0.2, 0.25) is 0 Å². The maximum atomic E-state index is 2.46. The Morgan fingerprint density at radius 1 is 0.882 bits per heavy atom. The molecule has 0 N–H and O–H groups in total. The van der Waals surface area contributed by atoms with Gasteiger partial charge < -0.3 is 0 Å². The third-order valence-electron chi connectivity index (χ3n) is 3.58. The highest BCUT2D eigenvalue weighted by Crippen LogP contribution is 2.25. The number of hydrogen-bond donors (Lipinski definition) is 0. The molecule has 0 nitrogen and oxygen atoms in total. The summed E-state index contributed by atoms with van der Waals surface area (Å²) in [6, 6.07) is 0. The van der Waals surface area contributed by atoms with Gasteiger partial charge in [0, 0.05) is 0 Å². The van der Waals surface area contributed by atoms with E-state index in [0.29, 0.717) is 0 Å². The Labute approximate surface area is 110 Å². The lowest BCUT2D eigenvalue weighted by Crippen LogP contribution is -2.08. The smallest absolute Gasteiger partial charge is 0.0257 e. The first-order valence-corrected chi connectivity index (χ1v) is 7.52. The summed E-state index contributed by atoms with van der Waals surface area (Å²) in [5, 5.41) is 0. The molecule has 0 saturated carbocycles. The van der Waals surface area contributed by atoms with Crippen molar-refractivity contribution in [2.75, 3.05) is 0 Å². The van der Waals surface area contributed by atoms with Crippen LogP contribution < -0.4 is 0 Å². The first-order valence-electron chi connectivity index (χ1n) is 7.52. The Kier molecular flexibility index (Phi) is 8.64. The average molecular weight is 238 g/mol. The number of hydrogen-bond acceptors (Lipinski definition) is 0. The minimum atomic E-state index is 0.746. The highest BCUT2D eigenvalue weighted by atomic mass is 14.2. The van der Waals surface area contributed by atoms with E-state index in [-0.39, 0.29) is 0 Å². The van der Waals surface area contributed by atoms with E-state index in [9.17, 15) is 0 Å². The highest BCUT2D eigenvalue weighted by molar-refractivity contribution is 4.99. The fraction of sp³-hybridized carbons (Fsp3) is 0.882. The van der Waals surface area contributed by atoms with Crippen LogP contribution in [0.1, 0.15) is 74.1 Å². The zero-order valence-corrected chi connectivity index (χ0v) is 13.2. The van der Waals surface area contributed by atoms with Gasteiger partial charge in [0.25, 0.3) is 0 Å². The van der Waals surface area contributed by atoms with Crippen LogP contribution in [0.15, 0.2) is 11.6 Å². The molecule has 0 heterocycles. The van der Waals surface area contributed by atoms with E-state index in [1.165, 1.54) is 25.7 Å². The first-order chi connectivity index (χ1) is 7.85. The van der Waals surface area contributed by atoms with Crippen molar-refractivity contribution in [2.45, 2.75) is 74.1 Å². The van der Waals surface area contributed by atoms with Crippen molar-refractivity contribution in [1.82, 2.24) is 0 Å². The van der Waals surface area contributed by atoms with Crippen molar-refractivity contribution < 1.29 is 0 Å². The molecule has 0 rings (SSSR count). The second-order valence-corrected chi connectivity index (χ2v) is 6.66. The molecule has 0 aromatic carbocycles. The standard InChI is InChI=1S/C17H34/c1-8-14(4)10-16(6)12-17(7)11-15(5)9-13(2)3/h10,13,15-17H,8-9,11-12H2,1-7H3/b14-10+. The molecular weight excluding hydrogens is 204 g/mol. The zero-order chi connectivity index (χ0) is 13.4. The van der Waals surface area contributed by atoms with Gasteiger partial charge in [-0.2, -0.15) is 0 Å². The Bertz CT molecular complexity index is 212. The van der Waals surface area contributed by atoms with E-state index >= 15 is 0 Å². The van der Waals surface area contributed by atoms with Crippen LogP contribution in [-0.4, -0.2) is 0 Å². The Balaban J connectivity index is 3.96. The fourth-order valence-electron chi connectivity index (χ4n) is 2.99. The van der Waals surface area contributed by atoms with Crippen LogP contribution in [0.4, 0.5) is 0 Å². The summed E-state index contributed by atoms with van der Waals surface area (Å²) >= 11 is 0. The molecule has 0 aliphatic heterocycles. The molecule has 0 aromatic heterocycles. The Morgan fingerprint density at radius 3 is 1.88 bits per heavy atom. The lowest BCUT2D eigenvalue weighted by molar-refractivity contribution is 0.327. The van der Waals surface area contributed by atoms with Gasteiger partial charge in [-0.15, -0.1) is 0 Å². The quantitative estimate of drug-likeness (QED) is 0.450. The summed E-state index contributed by atoms with van der Waals surface area (Å²) in [4.78, 5) is 0. The summed E-state index contributed by atoms with van der Waals surface area (Å²) < 4.78 is 0. The van der Waals surface area contributed by atoms with E-state index in [0.717, 1.165) is 23.7 Å². The third kappa shape index (κ3) is 9.44. The molecule has 0 saturated heterocycles. The summed E-state index contributed by atoms with van der Waals surface area (Å²) in [5.41, 5.74) is 1.54. The van der Waals surface area contributed by atoms with Gasteiger partial charge in [-0.1, -0.05) is 53.2 Å². The molecule has 3 unspecified atom stereocenters. The average Bonchev–Trinajstić information content (AvgIpc) is 2.14. The van der Waals surface area contributed by atoms with Crippen molar-refractivity contribution in [3.8, 4) is 0 Å². The monoisotopic (exact) mass is 238 g/mol. The van der Waals surface area contributed by atoms with Crippen molar-refractivity contribution in [3.05, 3.63) is 11.6 Å². The summed E-state index contributed by atoms with van der Waals surface area (Å²) in [6.45, 7) is 16.4. The fourth-order valence-corrected chi connectivity index (χ4v) is 2.99. The van der Waals surface area contributed by atoms with Gasteiger partial charge in [0.15, 0.2) is 0 Å². The maximum Gasteiger partial charge on any atom is -0.0257 e. The van der Waals surface area contributed by atoms with Crippen LogP contribution in [0, 0.1) is 23.7 Å². The minimum Gasteiger partial charge on any atom is -0.0828 e. The molecule has 0 fully saturated rings. The van der Waals surface area contributed by atoms with Gasteiger partial charge in [-0.3, -0.25) is 0 Å². The Morgan fingerprint density at radius 2 is 1.41 bits per heavy atom. The van der Waals surface area contributed by atoms with Crippen molar-refractivity contribution in [2.24, 2.45) is 23.7 Å². The minimum absolute atomic E-state index is 0.746. The normalized spacial score (nSPS) is 18.2. The van der Waals surface area contributed by atoms with Gasteiger partial charge in [-0.05, 0) is 56.3 Å².